The van der Waals surface area contributed by atoms with Crippen molar-refractivity contribution in [3.8, 4) is 0 Å². The second-order valence-corrected chi connectivity index (χ2v) is 8.19. The van der Waals surface area contributed by atoms with Gasteiger partial charge in [0.15, 0.2) is 5.96 Å². The van der Waals surface area contributed by atoms with Crippen LogP contribution in [0.3, 0.4) is 0 Å². The number of hydrogen-bond donors (Lipinski definition) is 2. The maximum Gasteiger partial charge on any atom is 0.191 e. The first-order valence-corrected chi connectivity index (χ1v) is 11.1. The fourth-order valence-corrected chi connectivity index (χ4v) is 3.53. The smallest absolute Gasteiger partial charge is 0.191 e. The van der Waals surface area contributed by atoms with Gasteiger partial charge in [0.2, 0.25) is 0 Å². The van der Waals surface area contributed by atoms with Gasteiger partial charge in [0.1, 0.15) is 0 Å². The van der Waals surface area contributed by atoms with Gasteiger partial charge in [-0.15, -0.1) is 24.0 Å². The molecule has 160 valence electrons. The largest absolute Gasteiger partial charge is 0.376 e. The van der Waals surface area contributed by atoms with Crippen molar-refractivity contribution in [2.45, 2.75) is 25.3 Å². The van der Waals surface area contributed by atoms with Crippen LogP contribution in [0.1, 0.15) is 19.4 Å². The molecule has 2 aromatic rings. The standard InChI is InChI=1S/C22H31N3O2S.HI/c1-3-23-22(24-14-15-28(26)21-12-8-5-9-13-21)25-16-19(2)17-27-18-20-10-6-4-7-11-20;/h4-13,19H,3,14-18H2,1-2H3,(H2,23,24,25);1H. The summed E-state index contributed by atoms with van der Waals surface area (Å²) >= 11 is 0. The van der Waals surface area contributed by atoms with Gasteiger partial charge in [0.05, 0.1) is 24.0 Å². The number of ether oxygens (including phenoxy) is 1. The third kappa shape index (κ3) is 10.8. The molecule has 5 nitrogen and oxygen atoms in total. The number of aliphatic imine (C=N–C) groups is 1. The molecule has 2 rings (SSSR count). The molecule has 0 spiro atoms. The van der Waals surface area contributed by atoms with Gasteiger partial charge in [-0.1, -0.05) is 55.5 Å². The summed E-state index contributed by atoms with van der Waals surface area (Å²) in [6, 6.07) is 19.7. The van der Waals surface area contributed by atoms with Crippen molar-refractivity contribution in [3.05, 3.63) is 66.2 Å². The molecule has 0 aliphatic heterocycles. The van der Waals surface area contributed by atoms with Gasteiger partial charge in [0.25, 0.3) is 0 Å². The van der Waals surface area contributed by atoms with E-state index in [0.29, 0.717) is 38.0 Å². The Balaban J connectivity index is 0.00000420. The summed E-state index contributed by atoms with van der Waals surface area (Å²) in [5.74, 6) is 1.62. The summed E-state index contributed by atoms with van der Waals surface area (Å²) in [5.41, 5.74) is 1.18. The van der Waals surface area contributed by atoms with E-state index in [-0.39, 0.29) is 24.0 Å². The number of nitrogens with one attached hydrogen (secondary N) is 2. The quantitative estimate of drug-likeness (QED) is 0.264. The van der Waals surface area contributed by atoms with Crippen molar-refractivity contribution >= 4 is 40.7 Å². The van der Waals surface area contributed by atoms with Crippen LogP contribution in [0.15, 0.2) is 70.6 Å². The molecule has 0 aliphatic rings. The second kappa shape index (κ2) is 15.4. The average Bonchev–Trinajstić information content (AvgIpc) is 2.73. The van der Waals surface area contributed by atoms with E-state index in [2.05, 4.69) is 34.7 Å². The Labute approximate surface area is 194 Å². The van der Waals surface area contributed by atoms with Crippen LogP contribution in [0.25, 0.3) is 0 Å². The zero-order valence-corrected chi connectivity index (χ0v) is 20.3. The summed E-state index contributed by atoms with van der Waals surface area (Å²) in [6.07, 6.45) is 0. The van der Waals surface area contributed by atoms with Gasteiger partial charge < -0.3 is 15.4 Å². The van der Waals surface area contributed by atoms with Gasteiger partial charge in [-0.2, -0.15) is 0 Å². The first-order chi connectivity index (χ1) is 13.7. The molecule has 0 amide bonds. The first-order valence-electron chi connectivity index (χ1n) is 9.76. The van der Waals surface area contributed by atoms with Crippen LogP contribution in [0.4, 0.5) is 0 Å². The molecular formula is C22H32IN3O2S. The summed E-state index contributed by atoms with van der Waals surface area (Å²) < 4.78 is 18.1. The van der Waals surface area contributed by atoms with E-state index in [1.165, 1.54) is 5.56 Å². The molecule has 2 aromatic carbocycles. The lowest BCUT2D eigenvalue weighted by Gasteiger charge is -2.14. The molecule has 29 heavy (non-hydrogen) atoms. The molecule has 0 radical (unpaired) electrons. The molecule has 0 heterocycles. The van der Waals surface area contributed by atoms with Gasteiger partial charge in [-0.3, -0.25) is 9.20 Å². The number of nitrogens with zero attached hydrogens (tertiary/aromatic N) is 1. The highest BCUT2D eigenvalue weighted by Crippen LogP contribution is 2.05. The predicted molar refractivity (Wildman–Crippen MR) is 132 cm³/mol. The van der Waals surface area contributed by atoms with E-state index < -0.39 is 10.8 Å². The van der Waals surface area contributed by atoms with Crippen LogP contribution >= 0.6 is 24.0 Å². The molecule has 0 fully saturated rings. The van der Waals surface area contributed by atoms with Crippen molar-refractivity contribution < 1.29 is 8.95 Å². The van der Waals surface area contributed by atoms with Crippen molar-refractivity contribution in [3.63, 3.8) is 0 Å². The van der Waals surface area contributed by atoms with Crippen LogP contribution < -0.4 is 10.6 Å². The van der Waals surface area contributed by atoms with Crippen molar-refractivity contribution in [2.75, 3.05) is 32.0 Å². The number of halogens is 1. The summed E-state index contributed by atoms with van der Waals surface area (Å²) in [4.78, 5) is 5.48. The lowest BCUT2D eigenvalue weighted by Crippen LogP contribution is -2.39. The minimum absolute atomic E-state index is 0. The fourth-order valence-electron chi connectivity index (χ4n) is 2.55. The molecule has 2 unspecified atom stereocenters. The fraction of sp³-hybridized carbons (Fsp3) is 0.409. The monoisotopic (exact) mass is 529 g/mol. The van der Waals surface area contributed by atoms with E-state index >= 15 is 0 Å². The molecule has 0 aromatic heterocycles. The lowest BCUT2D eigenvalue weighted by molar-refractivity contribution is 0.0945. The summed E-state index contributed by atoms with van der Waals surface area (Å²) in [6.45, 7) is 7.51. The van der Waals surface area contributed by atoms with E-state index in [1.807, 2.05) is 55.5 Å². The number of benzene rings is 2. The summed E-state index contributed by atoms with van der Waals surface area (Å²) in [5, 5.41) is 6.50. The van der Waals surface area contributed by atoms with Crippen LogP contribution in [0, 0.1) is 5.92 Å². The van der Waals surface area contributed by atoms with E-state index in [4.69, 9.17) is 4.74 Å². The molecule has 0 bridgehead atoms. The third-order valence-corrected chi connectivity index (χ3v) is 5.38. The van der Waals surface area contributed by atoms with Crippen LogP contribution in [-0.2, 0) is 22.1 Å². The molecule has 0 saturated carbocycles. The Morgan fingerprint density at radius 1 is 1.07 bits per heavy atom. The predicted octanol–water partition coefficient (Wildman–Crippen LogP) is 3.82. The highest BCUT2D eigenvalue weighted by Gasteiger charge is 2.06. The van der Waals surface area contributed by atoms with Gasteiger partial charge in [0, 0.05) is 30.3 Å². The Morgan fingerprint density at radius 2 is 1.72 bits per heavy atom. The molecule has 0 aliphatic carbocycles. The number of guanidine groups is 1. The Bertz CT molecular complexity index is 729. The molecule has 2 atom stereocenters. The normalized spacial score (nSPS) is 13.2. The minimum atomic E-state index is -1.00. The van der Waals surface area contributed by atoms with Crippen LogP contribution in [-0.4, -0.2) is 42.2 Å². The van der Waals surface area contributed by atoms with E-state index in [0.717, 1.165) is 17.4 Å². The van der Waals surface area contributed by atoms with Crippen molar-refractivity contribution in [1.82, 2.24) is 10.6 Å². The third-order valence-electron chi connectivity index (χ3n) is 4.01. The SMILES string of the molecule is CCNC(=NCC(C)COCc1ccccc1)NCCS(=O)c1ccccc1.I. The minimum Gasteiger partial charge on any atom is -0.376 e. The zero-order valence-electron chi connectivity index (χ0n) is 17.2. The lowest BCUT2D eigenvalue weighted by atomic mass is 10.2. The van der Waals surface area contributed by atoms with E-state index in [1.54, 1.807) is 0 Å². The van der Waals surface area contributed by atoms with Crippen LogP contribution in [0.2, 0.25) is 0 Å². The highest BCUT2D eigenvalue weighted by molar-refractivity contribution is 14.0. The molecule has 0 saturated heterocycles. The summed E-state index contributed by atoms with van der Waals surface area (Å²) in [7, 11) is -1.00. The first kappa shape index (κ1) is 25.6. The molecule has 7 heteroatoms. The van der Waals surface area contributed by atoms with Gasteiger partial charge >= 0.3 is 0 Å². The Hall–Kier alpha value is -1.45. The Kier molecular flexibility index (Phi) is 13.6. The number of hydrogen-bond acceptors (Lipinski definition) is 3. The van der Waals surface area contributed by atoms with Crippen LogP contribution in [0.5, 0.6) is 0 Å². The maximum absolute atomic E-state index is 12.3. The van der Waals surface area contributed by atoms with Gasteiger partial charge in [-0.25, -0.2) is 0 Å². The van der Waals surface area contributed by atoms with Crippen molar-refractivity contribution in [2.24, 2.45) is 10.9 Å². The van der Waals surface area contributed by atoms with E-state index in [9.17, 15) is 4.21 Å². The Morgan fingerprint density at radius 3 is 2.38 bits per heavy atom. The number of rotatable bonds is 11. The average molecular weight is 529 g/mol. The highest BCUT2D eigenvalue weighted by atomic mass is 127. The maximum atomic E-state index is 12.3. The molecular weight excluding hydrogens is 497 g/mol. The van der Waals surface area contributed by atoms with Crippen molar-refractivity contribution in [1.29, 1.82) is 0 Å². The molecule has 2 N–H and O–H groups in total. The van der Waals surface area contributed by atoms with Gasteiger partial charge in [-0.05, 0) is 30.5 Å². The zero-order chi connectivity index (χ0) is 20.0. The topological polar surface area (TPSA) is 62.7 Å². The second-order valence-electron chi connectivity index (χ2n) is 6.61.